The SMILES string of the molecule is [N-]=[N+]=N[C@H](C(=O)N1C(=O)OC[C@@H]1Cc1ccccc1)c1ccccc1. The van der Waals surface area contributed by atoms with E-state index in [0.29, 0.717) is 12.0 Å². The second-order valence-electron chi connectivity index (χ2n) is 5.65. The Bertz CT molecular complexity index is 804. The summed E-state index contributed by atoms with van der Waals surface area (Å²) in [6.07, 6.45) is -0.226. The highest BCUT2D eigenvalue weighted by Gasteiger charge is 2.41. The number of benzene rings is 2. The molecule has 1 fully saturated rings. The highest BCUT2D eigenvalue weighted by Crippen LogP contribution is 2.26. The van der Waals surface area contributed by atoms with Crippen LogP contribution in [-0.2, 0) is 16.0 Å². The van der Waals surface area contributed by atoms with Gasteiger partial charge in [0.15, 0.2) is 0 Å². The number of azide groups is 1. The smallest absolute Gasteiger partial charge is 0.417 e. The van der Waals surface area contributed by atoms with Gasteiger partial charge in [0.1, 0.15) is 12.6 Å². The van der Waals surface area contributed by atoms with Gasteiger partial charge in [-0.3, -0.25) is 4.79 Å². The number of rotatable bonds is 5. The molecule has 3 rings (SSSR count). The number of hydrogen-bond acceptors (Lipinski definition) is 4. The van der Waals surface area contributed by atoms with Gasteiger partial charge in [0, 0.05) is 4.91 Å². The monoisotopic (exact) mass is 336 g/mol. The van der Waals surface area contributed by atoms with Crippen LogP contribution >= 0.6 is 0 Å². The molecule has 2 atom stereocenters. The second-order valence-corrected chi connectivity index (χ2v) is 5.65. The van der Waals surface area contributed by atoms with Crippen molar-refractivity contribution in [1.82, 2.24) is 4.90 Å². The van der Waals surface area contributed by atoms with E-state index in [2.05, 4.69) is 10.0 Å². The number of carbonyl (C=O) groups excluding carboxylic acids is 2. The Balaban J connectivity index is 1.86. The molecule has 0 spiro atoms. The first-order chi connectivity index (χ1) is 12.2. The molecule has 1 aliphatic rings. The third-order valence-corrected chi connectivity index (χ3v) is 4.03. The highest BCUT2D eigenvalue weighted by molar-refractivity contribution is 5.97. The fourth-order valence-electron chi connectivity index (χ4n) is 2.84. The van der Waals surface area contributed by atoms with E-state index in [1.807, 2.05) is 30.3 Å². The Labute approximate surface area is 144 Å². The van der Waals surface area contributed by atoms with Gasteiger partial charge in [0.25, 0.3) is 0 Å². The molecule has 7 heteroatoms. The van der Waals surface area contributed by atoms with Gasteiger partial charge in [-0.05, 0) is 23.1 Å². The molecular formula is C18H16N4O3. The normalized spacial score (nSPS) is 17.5. The van der Waals surface area contributed by atoms with Crippen molar-refractivity contribution in [2.75, 3.05) is 6.61 Å². The average molecular weight is 336 g/mol. The van der Waals surface area contributed by atoms with Crippen LogP contribution in [0.3, 0.4) is 0 Å². The van der Waals surface area contributed by atoms with Gasteiger partial charge in [-0.1, -0.05) is 65.8 Å². The molecule has 7 nitrogen and oxygen atoms in total. The standard InChI is InChI=1S/C18H16N4O3/c19-21-20-16(14-9-5-2-6-10-14)17(23)22-15(12-25-18(22)24)11-13-7-3-1-4-8-13/h1-10,15-16H,11-12H2/t15-,16-/m0/s1. The fourth-order valence-corrected chi connectivity index (χ4v) is 2.84. The predicted molar refractivity (Wildman–Crippen MR) is 90.5 cm³/mol. The van der Waals surface area contributed by atoms with E-state index >= 15 is 0 Å². The van der Waals surface area contributed by atoms with Crippen LogP contribution in [0.15, 0.2) is 65.8 Å². The number of hydrogen-bond donors (Lipinski definition) is 0. The Morgan fingerprint density at radius 3 is 2.48 bits per heavy atom. The number of nitrogens with zero attached hydrogens (tertiary/aromatic N) is 4. The topological polar surface area (TPSA) is 95.4 Å². The van der Waals surface area contributed by atoms with Crippen molar-refractivity contribution in [3.63, 3.8) is 0 Å². The quantitative estimate of drug-likeness (QED) is 0.474. The predicted octanol–water partition coefficient (Wildman–Crippen LogP) is 3.63. The van der Waals surface area contributed by atoms with Crippen molar-refractivity contribution in [1.29, 1.82) is 0 Å². The van der Waals surface area contributed by atoms with Gasteiger partial charge < -0.3 is 4.74 Å². The van der Waals surface area contributed by atoms with E-state index in [9.17, 15) is 9.59 Å². The Morgan fingerprint density at radius 2 is 1.84 bits per heavy atom. The van der Waals surface area contributed by atoms with Gasteiger partial charge in [0.2, 0.25) is 5.91 Å². The highest BCUT2D eigenvalue weighted by atomic mass is 16.6. The van der Waals surface area contributed by atoms with Crippen LogP contribution in [0.2, 0.25) is 0 Å². The molecule has 0 saturated carbocycles. The first-order valence-electron chi connectivity index (χ1n) is 7.83. The zero-order valence-corrected chi connectivity index (χ0v) is 13.4. The van der Waals surface area contributed by atoms with E-state index < -0.39 is 24.1 Å². The maximum absolute atomic E-state index is 12.9. The summed E-state index contributed by atoms with van der Waals surface area (Å²) in [7, 11) is 0. The summed E-state index contributed by atoms with van der Waals surface area (Å²) in [5.74, 6) is -0.576. The molecular weight excluding hydrogens is 320 g/mol. The molecule has 0 N–H and O–H groups in total. The molecule has 2 amide bonds. The molecule has 2 aromatic rings. The summed E-state index contributed by atoms with van der Waals surface area (Å²) in [6.45, 7) is 0.122. The first kappa shape index (κ1) is 16.5. The fraction of sp³-hybridized carbons (Fsp3) is 0.222. The summed E-state index contributed by atoms with van der Waals surface area (Å²) in [5, 5.41) is 3.60. The molecule has 126 valence electrons. The lowest BCUT2D eigenvalue weighted by molar-refractivity contribution is -0.130. The Morgan fingerprint density at radius 1 is 1.20 bits per heavy atom. The van der Waals surface area contributed by atoms with Crippen LogP contribution < -0.4 is 0 Å². The van der Waals surface area contributed by atoms with E-state index in [0.717, 1.165) is 10.5 Å². The Kier molecular flexibility index (Phi) is 4.97. The van der Waals surface area contributed by atoms with Crippen molar-refractivity contribution < 1.29 is 14.3 Å². The lowest BCUT2D eigenvalue weighted by Gasteiger charge is -2.23. The summed E-state index contributed by atoms with van der Waals surface area (Å²) in [6, 6.07) is 16.7. The average Bonchev–Trinajstić information content (AvgIpc) is 3.01. The summed E-state index contributed by atoms with van der Waals surface area (Å²) < 4.78 is 5.07. The Hall–Kier alpha value is -3.31. The molecule has 0 unspecified atom stereocenters. The molecule has 0 bridgehead atoms. The van der Waals surface area contributed by atoms with Gasteiger partial charge in [0.05, 0.1) is 6.04 Å². The van der Waals surface area contributed by atoms with Gasteiger partial charge in [-0.2, -0.15) is 0 Å². The van der Waals surface area contributed by atoms with Crippen molar-refractivity contribution in [2.45, 2.75) is 18.5 Å². The molecule has 0 aromatic heterocycles. The summed E-state index contributed by atoms with van der Waals surface area (Å²) >= 11 is 0. The third kappa shape index (κ3) is 3.62. The molecule has 25 heavy (non-hydrogen) atoms. The third-order valence-electron chi connectivity index (χ3n) is 4.03. The van der Waals surface area contributed by atoms with Crippen LogP contribution in [0.4, 0.5) is 4.79 Å². The van der Waals surface area contributed by atoms with Gasteiger partial charge in [-0.25, -0.2) is 9.69 Å². The van der Waals surface area contributed by atoms with Crippen molar-refractivity contribution in [3.05, 3.63) is 82.2 Å². The number of amides is 2. The summed E-state index contributed by atoms with van der Waals surface area (Å²) in [5.41, 5.74) is 10.3. The van der Waals surface area contributed by atoms with Crippen LogP contribution in [0.25, 0.3) is 10.4 Å². The van der Waals surface area contributed by atoms with Gasteiger partial charge >= 0.3 is 6.09 Å². The minimum atomic E-state index is -1.10. The number of imide groups is 1. The maximum atomic E-state index is 12.9. The molecule has 1 heterocycles. The maximum Gasteiger partial charge on any atom is 0.417 e. The molecule has 2 aromatic carbocycles. The lowest BCUT2D eigenvalue weighted by Crippen LogP contribution is -2.42. The minimum absolute atomic E-state index is 0.122. The van der Waals surface area contributed by atoms with E-state index in [1.54, 1.807) is 30.3 Å². The number of ether oxygens (including phenoxy) is 1. The zero-order valence-electron chi connectivity index (χ0n) is 13.4. The molecule has 0 aliphatic carbocycles. The summed E-state index contributed by atoms with van der Waals surface area (Å²) in [4.78, 5) is 28.8. The lowest BCUT2D eigenvalue weighted by atomic mass is 10.0. The van der Waals surface area contributed by atoms with Crippen LogP contribution in [0.1, 0.15) is 17.2 Å². The molecule has 0 radical (unpaired) electrons. The van der Waals surface area contributed by atoms with E-state index in [-0.39, 0.29) is 6.61 Å². The van der Waals surface area contributed by atoms with Gasteiger partial charge in [-0.15, -0.1) is 0 Å². The largest absolute Gasteiger partial charge is 0.447 e. The molecule has 1 saturated heterocycles. The van der Waals surface area contributed by atoms with Crippen molar-refractivity contribution >= 4 is 12.0 Å². The van der Waals surface area contributed by atoms with Crippen LogP contribution in [-0.4, -0.2) is 29.5 Å². The zero-order chi connectivity index (χ0) is 17.6. The molecule has 1 aliphatic heterocycles. The minimum Gasteiger partial charge on any atom is -0.447 e. The van der Waals surface area contributed by atoms with E-state index in [4.69, 9.17) is 10.3 Å². The first-order valence-corrected chi connectivity index (χ1v) is 7.83. The van der Waals surface area contributed by atoms with Crippen molar-refractivity contribution in [3.8, 4) is 0 Å². The van der Waals surface area contributed by atoms with E-state index in [1.165, 1.54) is 0 Å². The second kappa shape index (κ2) is 7.51. The van der Waals surface area contributed by atoms with Crippen LogP contribution in [0, 0.1) is 0 Å². The number of carbonyl (C=O) groups is 2. The number of cyclic esters (lactones) is 1. The van der Waals surface area contributed by atoms with Crippen molar-refractivity contribution in [2.24, 2.45) is 5.11 Å². The van der Waals surface area contributed by atoms with Crippen LogP contribution in [0.5, 0.6) is 0 Å².